The molecule has 29 heavy (non-hydrogen) atoms. The number of benzene rings is 1. The number of carbonyl (C=O) groups excluding carboxylic acids is 2. The molecule has 2 N–H and O–H groups in total. The number of nitrogens with zero attached hydrogens (tertiary/aromatic N) is 3. The van der Waals surface area contributed by atoms with E-state index in [4.69, 9.17) is 4.42 Å². The minimum Gasteiger partial charge on any atom is -0.466 e. The monoisotopic (exact) mass is 413 g/mol. The van der Waals surface area contributed by atoms with E-state index in [2.05, 4.69) is 21.0 Å². The number of hydrazine groups is 1. The molecular weight excluding hydrogens is 390 g/mol. The van der Waals surface area contributed by atoms with Crippen LogP contribution in [0.1, 0.15) is 34.4 Å². The van der Waals surface area contributed by atoms with E-state index >= 15 is 0 Å². The van der Waals surface area contributed by atoms with Gasteiger partial charge in [-0.2, -0.15) is 0 Å². The molecule has 9 heteroatoms. The van der Waals surface area contributed by atoms with Crippen molar-refractivity contribution in [1.82, 2.24) is 25.6 Å². The van der Waals surface area contributed by atoms with Gasteiger partial charge in [0.25, 0.3) is 5.91 Å². The third kappa shape index (κ3) is 4.68. The molecule has 0 radical (unpaired) electrons. The molecule has 2 amide bonds. The van der Waals surface area contributed by atoms with Gasteiger partial charge < -0.3 is 8.98 Å². The quantitative estimate of drug-likeness (QED) is 0.476. The van der Waals surface area contributed by atoms with Crippen molar-refractivity contribution in [2.75, 3.05) is 5.75 Å². The van der Waals surface area contributed by atoms with Crippen molar-refractivity contribution >= 4 is 23.6 Å². The molecule has 2 aromatic heterocycles. The highest BCUT2D eigenvalue weighted by atomic mass is 32.2. The predicted molar refractivity (Wildman–Crippen MR) is 110 cm³/mol. The Hall–Kier alpha value is -3.07. The fourth-order valence-electron chi connectivity index (χ4n) is 2.92. The number of aromatic nitrogens is 3. The number of nitrogens with one attached hydrogen (secondary N) is 2. The third-order valence-electron chi connectivity index (χ3n) is 4.35. The fraction of sp³-hybridized carbons (Fsp3) is 0.300. The summed E-state index contributed by atoms with van der Waals surface area (Å²) in [6.07, 6.45) is 0. The molecule has 0 unspecified atom stereocenters. The second kappa shape index (κ2) is 8.95. The van der Waals surface area contributed by atoms with Gasteiger partial charge in [-0.3, -0.25) is 20.4 Å². The number of thioether (sulfide) groups is 1. The second-order valence-corrected chi connectivity index (χ2v) is 7.43. The summed E-state index contributed by atoms with van der Waals surface area (Å²) in [5, 5.41) is 9.18. The first-order chi connectivity index (χ1) is 13.9. The lowest BCUT2D eigenvalue weighted by atomic mass is 10.1. The van der Waals surface area contributed by atoms with Crippen LogP contribution in [-0.4, -0.2) is 32.3 Å². The van der Waals surface area contributed by atoms with Crippen LogP contribution in [0.25, 0.3) is 11.4 Å². The molecule has 0 atom stereocenters. The summed E-state index contributed by atoms with van der Waals surface area (Å²) < 4.78 is 7.29. The number of hydrogen-bond donors (Lipinski definition) is 2. The molecule has 0 fully saturated rings. The SMILES string of the molecule is CCn1c(SCC(=O)NNC(=O)c2cc(C)oc2C)nnc1-c1ccccc1C. The smallest absolute Gasteiger partial charge is 0.273 e. The second-order valence-electron chi connectivity index (χ2n) is 6.48. The highest BCUT2D eigenvalue weighted by Gasteiger charge is 2.17. The first-order valence-electron chi connectivity index (χ1n) is 9.19. The Balaban J connectivity index is 1.60. The van der Waals surface area contributed by atoms with Gasteiger partial charge in [0, 0.05) is 12.1 Å². The van der Waals surface area contributed by atoms with Crippen molar-refractivity contribution in [1.29, 1.82) is 0 Å². The van der Waals surface area contributed by atoms with Gasteiger partial charge in [-0.05, 0) is 39.3 Å². The molecule has 0 aliphatic carbocycles. The third-order valence-corrected chi connectivity index (χ3v) is 5.32. The Kier molecular flexibility index (Phi) is 6.38. The van der Waals surface area contributed by atoms with Gasteiger partial charge in [-0.1, -0.05) is 36.0 Å². The van der Waals surface area contributed by atoms with Crippen molar-refractivity contribution in [3.05, 3.63) is 53.0 Å². The predicted octanol–water partition coefficient (Wildman–Crippen LogP) is 3.04. The Bertz CT molecular complexity index is 1040. The zero-order chi connectivity index (χ0) is 21.0. The van der Waals surface area contributed by atoms with Crippen molar-refractivity contribution in [3.8, 4) is 11.4 Å². The standard InChI is InChI=1S/C20H23N5O3S/c1-5-25-18(15-9-7-6-8-12(15)2)22-24-20(25)29-11-17(26)21-23-19(27)16-10-13(3)28-14(16)4/h6-10H,5,11H2,1-4H3,(H,21,26)(H,23,27). The Morgan fingerprint density at radius 2 is 1.90 bits per heavy atom. The van der Waals surface area contributed by atoms with Gasteiger partial charge in [0.1, 0.15) is 11.5 Å². The molecule has 0 spiro atoms. The van der Waals surface area contributed by atoms with Crippen LogP contribution in [0.3, 0.4) is 0 Å². The Morgan fingerprint density at radius 1 is 1.14 bits per heavy atom. The van der Waals surface area contributed by atoms with Crippen LogP contribution < -0.4 is 10.9 Å². The van der Waals surface area contributed by atoms with Crippen LogP contribution in [-0.2, 0) is 11.3 Å². The van der Waals surface area contributed by atoms with E-state index in [1.165, 1.54) is 11.8 Å². The number of rotatable bonds is 6. The van der Waals surface area contributed by atoms with E-state index in [0.717, 1.165) is 17.0 Å². The molecule has 2 heterocycles. The lowest BCUT2D eigenvalue weighted by molar-refractivity contribution is -0.119. The minimum atomic E-state index is -0.420. The summed E-state index contributed by atoms with van der Waals surface area (Å²) in [6, 6.07) is 9.59. The molecule has 8 nitrogen and oxygen atoms in total. The number of aryl methyl sites for hydroxylation is 3. The van der Waals surface area contributed by atoms with Crippen LogP contribution in [0.5, 0.6) is 0 Å². The molecule has 0 aliphatic heterocycles. The van der Waals surface area contributed by atoms with E-state index in [-0.39, 0.29) is 11.7 Å². The normalized spacial score (nSPS) is 10.8. The van der Waals surface area contributed by atoms with E-state index in [9.17, 15) is 9.59 Å². The van der Waals surface area contributed by atoms with Gasteiger partial charge in [-0.25, -0.2) is 0 Å². The average molecular weight is 414 g/mol. The molecule has 0 saturated heterocycles. The van der Waals surface area contributed by atoms with Crippen molar-refractivity contribution < 1.29 is 14.0 Å². The van der Waals surface area contributed by atoms with Gasteiger partial charge in [-0.15, -0.1) is 10.2 Å². The molecule has 152 valence electrons. The van der Waals surface area contributed by atoms with Crippen LogP contribution >= 0.6 is 11.8 Å². The summed E-state index contributed by atoms with van der Waals surface area (Å²) in [7, 11) is 0. The molecular formula is C20H23N5O3S. The first-order valence-corrected chi connectivity index (χ1v) is 10.2. The van der Waals surface area contributed by atoms with Gasteiger partial charge in [0.05, 0.1) is 11.3 Å². The van der Waals surface area contributed by atoms with Crippen molar-refractivity contribution in [2.45, 2.75) is 39.4 Å². The summed E-state index contributed by atoms with van der Waals surface area (Å²) in [5.41, 5.74) is 7.33. The molecule has 3 aromatic rings. The topological polar surface area (TPSA) is 102 Å². The van der Waals surface area contributed by atoms with E-state index in [1.807, 2.05) is 42.7 Å². The van der Waals surface area contributed by atoms with E-state index < -0.39 is 5.91 Å². The number of carbonyl (C=O) groups is 2. The summed E-state index contributed by atoms with van der Waals surface area (Å²) in [4.78, 5) is 24.3. The van der Waals surface area contributed by atoms with Crippen LogP contribution in [0.15, 0.2) is 39.9 Å². The Morgan fingerprint density at radius 3 is 2.55 bits per heavy atom. The molecule has 1 aromatic carbocycles. The lowest BCUT2D eigenvalue weighted by Crippen LogP contribution is -2.42. The molecule has 0 saturated carbocycles. The first kappa shape index (κ1) is 20.7. The summed E-state index contributed by atoms with van der Waals surface area (Å²) >= 11 is 1.26. The molecule has 0 aliphatic rings. The number of hydrogen-bond acceptors (Lipinski definition) is 6. The van der Waals surface area contributed by atoms with Crippen molar-refractivity contribution in [2.24, 2.45) is 0 Å². The summed E-state index contributed by atoms with van der Waals surface area (Å²) in [6.45, 7) is 8.16. The van der Waals surface area contributed by atoms with Crippen LogP contribution in [0, 0.1) is 20.8 Å². The molecule has 0 bridgehead atoms. The number of amides is 2. The van der Waals surface area contributed by atoms with Crippen molar-refractivity contribution in [3.63, 3.8) is 0 Å². The number of furan rings is 1. The maximum atomic E-state index is 12.1. The fourth-order valence-corrected chi connectivity index (χ4v) is 3.72. The maximum Gasteiger partial charge on any atom is 0.273 e. The summed E-state index contributed by atoms with van der Waals surface area (Å²) in [5.74, 6) is 1.24. The highest BCUT2D eigenvalue weighted by molar-refractivity contribution is 7.99. The zero-order valence-corrected chi connectivity index (χ0v) is 17.6. The van der Waals surface area contributed by atoms with Crippen LogP contribution in [0.2, 0.25) is 0 Å². The van der Waals surface area contributed by atoms with E-state index in [1.54, 1.807) is 19.9 Å². The zero-order valence-electron chi connectivity index (χ0n) is 16.8. The van der Waals surface area contributed by atoms with E-state index in [0.29, 0.717) is 28.8 Å². The largest absolute Gasteiger partial charge is 0.466 e. The lowest BCUT2D eigenvalue weighted by Gasteiger charge is -2.09. The van der Waals surface area contributed by atoms with Crippen LogP contribution in [0.4, 0.5) is 0 Å². The Labute approximate surface area is 173 Å². The maximum absolute atomic E-state index is 12.1. The van der Waals surface area contributed by atoms with Gasteiger partial charge in [0.2, 0.25) is 5.91 Å². The van der Waals surface area contributed by atoms with Gasteiger partial charge >= 0.3 is 0 Å². The highest BCUT2D eigenvalue weighted by Crippen LogP contribution is 2.26. The minimum absolute atomic E-state index is 0.0928. The average Bonchev–Trinajstić information content (AvgIpc) is 3.26. The van der Waals surface area contributed by atoms with Gasteiger partial charge in [0.15, 0.2) is 11.0 Å². The molecule has 3 rings (SSSR count).